The standard InChI is InChI=1S/C32H31FN6O3.CH4O3S/c1-20(12-21(2)38(3)25-8-6-5-7-9-25)27(19-40)32(41)37-24-10-11-30(28(33)14-24)42-31-13-22-18-36-39(4)29(22)15-26(31)23(16-34)17-35;1-5(2,3)4/h5-19,34H,35H2,1-4H3,(H,37,41);1H3,(H,2,3,4)/b21-12-,23-17+,27-20+,34-16?;. The molecular formula is C33H35FN6O6S. The van der Waals surface area contributed by atoms with E-state index < -0.39 is 21.8 Å². The van der Waals surface area contributed by atoms with E-state index in [2.05, 4.69) is 10.4 Å². The molecule has 1 aromatic heterocycles. The number of hydrogen-bond acceptors (Lipinski definition) is 9. The van der Waals surface area contributed by atoms with Gasteiger partial charge in [-0.05, 0) is 61.9 Å². The van der Waals surface area contributed by atoms with E-state index in [-0.39, 0.29) is 22.8 Å². The molecule has 0 fully saturated rings. The number of anilines is 2. The molecule has 0 saturated heterocycles. The van der Waals surface area contributed by atoms with Gasteiger partial charge in [-0.15, -0.1) is 0 Å². The largest absolute Gasteiger partial charge is 0.454 e. The normalized spacial score (nSPS) is 12.4. The van der Waals surface area contributed by atoms with Gasteiger partial charge in [0.25, 0.3) is 16.0 Å². The van der Waals surface area contributed by atoms with Crippen LogP contribution in [0.15, 0.2) is 96.0 Å². The van der Waals surface area contributed by atoms with Crippen molar-refractivity contribution in [3.63, 3.8) is 0 Å². The zero-order chi connectivity index (χ0) is 34.9. The van der Waals surface area contributed by atoms with Crippen LogP contribution in [0.1, 0.15) is 19.4 Å². The Bertz CT molecular complexity index is 1990. The summed E-state index contributed by atoms with van der Waals surface area (Å²) in [5, 5.41) is 15.3. The fourth-order valence-corrected chi connectivity index (χ4v) is 4.35. The highest BCUT2D eigenvalue weighted by Gasteiger charge is 2.17. The second-order valence-corrected chi connectivity index (χ2v) is 11.7. The van der Waals surface area contributed by atoms with Crippen LogP contribution in [0.3, 0.4) is 0 Å². The number of aldehydes is 1. The molecule has 1 heterocycles. The van der Waals surface area contributed by atoms with E-state index >= 15 is 4.39 Å². The minimum absolute atomic E-state index is 0.0845. The summed E-state index contributed by atoms with van der Waals surface area (Å²) in [5.74, 6) is -1.25. The maximum atomic E-state index is 15.2. The lowest BCUT2D eigenvalue weighted by molar-refractivity contribution is -0.115. The topological polar surface area (TPSA) is 181 Å². The number of para-hydroxylation sites is 1. The molecule has 0 saturated carbocycles. The number of benzene rings is 3. The quantitative estimate of drug-likeness (QED) is 0.0326. The van der Waals surface area contributed by atoms with Crippen molar-refractivity contribution in [2.75, 3.05) is 23.5 Å². The number of aromatic nitrogens is 2. The van der Waals surface area contributed by atoms with E-state index in [1.54, 1.807) is 43.1 Å². The van der Waals surface area contributed by atoms with Gasteiger partial charge in [0.15, 0.2) is 17.9 Å². The van der Waals surface area contributed by atoms with Gasteiger partial charge in [0, 0.05) is 66.2 Å². The number of carbonyl (C=O) groups is 2. The molecule has 0 radical (unpaired) electrons. The van der Waals surface area contributed by atoms with Crippen molar-refractivity contribution >= 4 is 56.4 Å². The molecule has 0 bridgehead atoms. The van der Waals surface area contributed by atoms with Crippen LogP contribution in [-0.2, 0) is 26.8 Å². The Hall–Kier alpha value is -5.60. The van der Waals surface area contributed by atoms with E-state index in [9.17, 15) is 18.0 Å². The first-order valence-corrected chi connectivity index (χ1v) is 15.7. The molecule has 0 aliphatic heterocycles. The van der Waals surface area contributed by atoms with Crippen LogP contribution in [0.5, 0.6) is 11.5 Å². The minimum Gasteiger partial charge on any atom is -0.454 e. The van der Waals surface area contributed by atoms with Crippen molar-refractivity contribution < 1.29 is 31.7 Å². The van der Waals surface area contributed by atoms with Crippen molar-refractivity contribution in [3.8, 4) is 11.5 Å². The molecule has 5 N–H and O–H groups in total. The third-order valence-electron chi connectivity index (χ3n) is 6.79. The van der Waals surface area contributed by atoms with E-state index in [1.807, 2.05) is 49.2 Å². The molecule has 246 valence electrons. The van der Waals surface area contributed by atoms with Gasteiger partial charge >= 0.3 is 0 Å². The molecule has 47 heavy (non-hydrogen) atoms. The number of amides is 1. The maximum absolute atomic E-state index is 15.2. The van der Waals surface area contributed by atoms with Gasteiger partial charge in [-0.25, -0.2) is 4.39 Å². The van der Waals surface area contributed by atoms with Gasteiger partial charge in [0.05, 0.1) is 23.5 Å². The number of nitrogens with one attached hydrogen (secondary N) is 2. The first-order valence-electron chi connectivity index (χ1n) is 13.9. The van der Waals surface area contributed by atoms with Crippen LogP contribution in [-0.4, -0.2) is 54.5 Å². The monoisotopic (exact) mass is 662 g/mol. The number of hydrogen-bond donors (Lipinski definition) is 4. The number of aryl methyl sites for hydroxylation is 1. The zero-order valence-electron chi connectivity index (χ0n) is 26.4. The lowest BCUT2D eigenvalue weighted by Gasteiger charge is -2.20. The highest BCUT2D eigenvalue weighted by atomic mass is 32.2. The van der Waals surface area contributed by atoms with Crippen LogP contribution in [0.4, 0.5) is 15.8 Å². The number of rotatable bonds is 10. The van der Waals surface area contributed by atoms with Crippen molar-refractivity contribution in [3.05, 3.63) is 107 Å². The summed E-state index contributed by atoms with van der Waals surface area (Å²) in [6, 6.07) is 17.1. The summed E-state index contributed by atoms with van der Waals surface area (Å²) in [4.78, 5) is 26.8. The molecule has 0 aliphatic rings. The van der Waals surface area contributed by atoms with Crippen LogP contribution < -0.4 is 20.7 Å². The summed E-state index contributed by atoms with van der Waals surface area (Å²) in [5.41, 5.74) is 9.64. The van der Waals surface area contributed by atoms with Crippen LogP contribution in [0.2, 0.25) is 0 Å². The van der Waals surface area contributed by atoms with Gasteiger partial charge in [0.2, 0.25) is 0 Å². The molecular weight excluding hydrogens is 627 g/mol. The van der Waals surface area contributed by atoms with E-state index in [1.165, 1.54) is 18.3 Å². The first-order chi connectivity index (χ1) is 22.2. The third kappa shape index (κ3) is 9.69. The Morgan fingerprint density at radius 2 is 1.79 bits per heavy atom. The zero-order valence-corrected chi connectivity index (χ0v) is 27.2. The molecule has 0 unspecified atom stereocenters. The van der Waals surface area contributed by atoms with Crippen LogP contribution in [0.25, 0.3) is 16.5 Å². The van der Waals surface area contributed by atoms with Crippen LogP contribution >= 0.6 is 0 Å². The molecule has 0 aliphatic carbocycles. The number of fused-ring (bicyclic) bond motifs is 1. The van der Waals surface area contributed by atoms with Crippen molar-refractivity contribution in [1.82, 2.24) is 9.78 Å². The molecule has 14 heteroatoms. The molecule has 4 aromatic rings. The van der Waals surface area contributed by atoms with Crippen molar-refractivity contribution in [2.24, 2.45) is 12.8 Å². The second kappa shape index (κ2) is 15.6. The Labute approximate surface area is 271 Å². The first kappa shape index (κ1) is 35.9. The molecule has 4 rings (SSSR count). The summed E-state index contributed by atoms with van der Waals surface area (Å²) in [6.45, 7) is 3.54. The molecule has 0 atom stereocenters. The summed E-state index contributed by atoms with van der Waals surface area (Å²) in [6.07, 6.45) is 6.93. The minimum atomic E-state index is -3.67. The SMILES string of the molecule is C/C(=C/C(C)=C(\C=O)C(=O)Nc1ccc(Oc2cc3cnn(C)c3cc2/C(C=N)=C/N)c(F)c1)N(C)c1ccccc1.CS(=O)(=O)O. The number of nitrogens with zero attached hydrogens (tertiary/aromatic N) is 3. The highest BCUT2D eigenvalue weighted by Crippen LogP contribution is 2.35. The Morgan fingerprint density at radius 1 is 1.13 bits per heavy atom. The Balaban J connectivity index is 0.00000111. The molecule has 1 amide bonds. The smallest absolute Gasteiger partial charge is 0.261 e. The van der Waals surface area contributed by atoms with Gasteiger partial charge in [-0.2, -0.15) is 13.5 Å². The van der Waals surface area contributed by atoms with Gasteiger partial charge in [0.1, 0.15) is 5.75 Å². The van der Waals surface area contributed by atoms with Gasteiger partial charge in [-0.1, -0.05) is 18.2 Å². The van der Waals surface area contributed by atoms with Gasteiger partial charge in [-0.3, -0.25) is 18.8 Å². The summed E-state index contributed by atoms with van der Waals surface area (Å²) in [7, 11) is 0.000474. The van der Waals surface area contributed by atoms with E-state index in [0.29, 0.717) is 29.3 Å². The molecule has 12 nitrogen and oxygen atoms in total. The fourth-order valence-electron chi connectivity index (χ4n) is 4.35. The highest BCUT2D eigenvalue weighted by molar-refractivity contribution is 7.85. The van der Waals surface area contributed by atoms with Crippen molar-refractivity contribution in [1.29, 1.82) is 5.41 Å². The van der Waals surface area contributed by atoms with E-state index in [4.69, 9.17) is 20.4 Å². The maximum Gasteiger partial charge on any atom is 0.261 e. The van der Waals surface area contributed by atoms with E-state index in [0.717, 1.165) is 34.6 Å². The molecule has 0 spiro atoms. The van der Waals surface area contributed by atoms with Crippen LogP contribution in [0, 0.1) is 11.2 Å². The summed E-state index contributed by atoms with van der Waals surface area (Å²) >= 11 is 0. The number of halogens is 1. The lowest BCUT2D eigenvalue weighted by Crippen LogP contribution is -2.18. The average molecular weight is 663 g/mol. The third-order valence-corrected chi connectivity index (χ3v) is 6.79. The number of nitrogens with two attached hydrogens (primary N) is 1. The molecule has 3 aromatic carbocycles. The Kier molecular flexibility index (Phi) is 11.9. The second-order valence-electron chi connectivity index (χ2n) is 10.3. The van der Waals surface area contributed by atoms with Crippen molar-refractivity contribution in [2.45, 2.75) is 13.8 Å². The number of ether oxygens (including phenoxy) is 1. The Morgan fingerprint density at radius 3 is 2.36 bits per heavy atom. The number of allylic oxidation sites excluding steroid dienone is 4. The summed E-state index contributed by atoms with van der Waals surface area (Å²) < 4.78 is 48.6. The predicted octanol–water partition coefficient (Wildman–Crippen LogP) is 5.45. The lowest BCUT2D eigenvalue weighted by atomic mass is 10.0. The van der Waals surface area contributed by atoms with Gasteiger partial charge < -0.3 is 26.1 Å². The average Bonchev–Trinajstić information content (AvgIpc) is 3.37. The fraction of sp³-hybridized carbons (Fsp3) is 0.152. The number of carbonyl (C=O) groups excluding carboxylic acids is 2. The predicted molar refractivity (Wildman–Crippen MR) is 182 cm³/mol.